The first-order valence-electron chi connectivity index (χ1n) is 6.25. The van der Waals surface area contributed by atoms with Crippen molar-refractivity contribution < 1.29 is 14.3 Å². The van der Waals surface area contributed by atoms with Crippen molar-refractivity contribution in [2.75, 3.05) is 7.11 Å². The Morgan fingerprint density at radius 1 is 1.42 bits per heavy atom. The maximum atomic E-state index is 11.8. The van der Waals surface area contributed by atoms with Crippen LogP contribution < -0.4 is 5.32 Å². The molecular formula is C14H20ClNO3. The summed E-state index contributed by atoms with van der Waals surface area (Å²) in [5.41, 5.74) is 0.639. The van der Waals surface area contributed by atoms with Crippen molar-refractivity contribution in [1.29, 1.82) is 0 Å². The summed E-state index contributed by atoms with van der Waals surface area (Å²) in [6.45, 7) is 5.59. The molecule has 1 N–H and O–H groups in total. The van der Waals surface area contributed by atoms with E-state index in [-0.39, 0.29) is 6.04 Å². The van der Waals surface area contributed by atoms with Gasteiger partial charge in [0.25, 0.3) is 0 Å². The van der Waals surface area contributed by atoms with Crippen molar-refractivity contribution in [3.05, 3.63) is 34.9 Å². The highest BCUT2D eigenvalue weighted by atomic mass is 35.5. The van der Waals surface area contributed by atoms with Gasteiger partial charge in [-0.1, -0.05) is 36.7 Å². The molecule has 4 nitrogen and oxygen atoms in total. The lowest BCUT2D eigenvalue weighted by atomic mass is 10.0. The second-order valence-corrected chi connectivity index (χ2v) is 4.89. The summed E-state index contributed by atoms with van der Waals surface area (Å²) in [6.07, 6.45) is -0.0720. The van der Waals surface area contributed by atoms with Crippen molar-refractivity contribution in [3.63, 3.8) is 0 Å². The first-order valence-corrected chi connectivity index (χ1v) is 6.62. The van der Waals surface area contributed by atoms with Crippen LogP contribution in [-0.4, -0.2) is 19.2 Å². The zero-order valence-electron chi connectivity index (χ0n) is 11.7. The summed E-state index contributed by atoms with van der Waals surface area (Å²) in [4.78, 5) is 11.8. The Morgan fingerprint density at radius 3 is 2.53 bits per heavy atom. The minimum absolute atomic E-state index is 0.00911. The van der Waals surface area contributed by atoms with Gasteiger partial charge in [0.15, 0.2) is 0 Å². The van der Waals surface area contributed by atoms with E-state index >= 15 is 0 Å². The quantitative estimate of drug-likeness (QED) is 0.840. The first kappa shape index (κ1) is 15.8. The molecule has 1 aromatic rings. The molecule has 1 amide bonds. The molecule has 0 unspecified atom stereocenters. The van der Waals surface area contributed by atoms with E-state index in [9.17, 15) is 4.79 Å². The molecule has 5 heteroatoms. The molecule has 0 fully saturated rings. The average Bonchev–Trinajstić information content (AvgIpc) is 2.36. The second kappa shape index (κ2) is 6.78. The number of rotatable bonds is 5. The molecule has 0 aliphatic carbocycles. The number of hydrogen-bond donors (Lipinski definition) is 1. The highest BCUT2D eigenvalue weighted by Gasteiger charge is 2.36. The summed E-state index contributed by atoms with van der Waals surface area (Å²) in [6, 6.07) is 7.16. The number of halogens is 1. The fraction of sp³-hybridized carbons (Fsp3) is 0.500. The van der Waals surface area contributed by atoms with E-state index in [1.807, 2.05) is 32.9 Å². The molecule has 0 saturated heterocycles. The van der Waals surface area contributed by atoms with Gasteiger partial charge in [-0.2, -0.15) is 0 Å². The third-order valence-electron chi connectivity index (χ3n) is 2.74. The predicted molar refractivity (Wildman–Crippen MR) is 75.2 cm³/mol. The molecule has 0 aliphatic rings. The van der Waals surface area contributed by atoms with E-state index in [1.54, 1.807) is 12.1 Å². The molecule has 1 rings (SSSR count). The van der Waals surface area contributed by atoms with Gasteiger partial charge in [-0.25, -0.2) is 4.79 Å². The molecule has 0 aliphatic heterocycles. The van der Waals surface area contributed by atoms with Gasteiger partial charge in [-0.15, -0.1) is 0 Å². The van der Waals surface area contributed by atoms with Crippen molar-refractivity contribution in [3.8, 4) is 0 Å². The number of methoxy groups -OCH3 is 1. The van der Waals surface area contributed by atoms with Gasteiger partial charge in [0.2, 0.25) is 5.79 Å². The zero-order valence-corrected chi connectivity index (χ0v) is 12.5. The van der Waals surface area contributed by atoms with Crippen LogP contribution in [0.3, 0.4) is 0 Å². The number of ether oxygens (including phenoxy) is 2. The van der Waals surface area contributed by atoms with Gasteiger partial charge in [0.1, 0.15) is 0 Å². The Morgan fingerprint density at radius 2 is 2.05 bits per heavy atom. The molecule has 0 bridgehead atoms. The summed E-state index contributed by atoms with van der Waals surface area (Å²) in [5, 5.41) is 3.17. The standard InChI is InChI=1S/C14H20ClNO3/c1-5-14(18-4,19-13(17)16-10(2)3)11-8-6-7-9-12(11)15/h6-10H,5H2,1-4H3,(H,16,17)/t14-/m0/s1. The normalized spacial score (nSPS) is 14.0. The maximum absolute atomic E-state index is 11.8. The predicted octanol–water partition coefficient (Wildman–Crippen LogP) is 3.68. The summed E-state index contributed by atoms with van der Waals surface area (Å²) < 4.78 is 10.9. The van der Waals surface area contributed by atoms with E-state index in [0.717, 1.165) is 0 Å². The lowest BCUT2D eigenvalue weighted by Gasteiger charge is -2.32. The number of carbonyl (C=O) groups excluding carboxylic acids is 1. The summed E-state index contributed by atoms with van der Waals surface area (Å²) in [7, 11) is 1.50. The minimum Gasteiger partial charge on any atom is -0.412 e. The number of carbonyl (C=O) groups is 1. The Kier molecular flexibility index (Phi) is 5.63. The van der Waals surface area contributed by atoms with Gasteiger partial charge in [0, 0.05) is 25.1 Å². The Labute approximate surface area is 119 Å². The van der Waals surface area contributed by atoms with Gasteiger partial charge < -0.3 is 14.8 Å². The molecule has 0 aromatic heterocycles. The smallest absolute Gasteiger partial charge is 0.410 e. The van der Waals surface area contributed by atoms with Crippen LogP contribution in [0.2, 0.25) is 5.02 Å². The summed E-state index contributed by atoms with van der Waals surface area (Å²) in [5.74, 6) is -1.17. The number of alkyl carbamates (subject to hydrolysis) is 1. The first-order chi connectivity index (χ1) is 8.95. The summed E-state index contributed by atoms with van der Waals surface area (Å²) >= 11 is 6.16. The fourth-order valence-electron chi connectivity index (χ4n) is 1.80. The van der Waals surface area contributed by atoms with Crippen LogP contribution in [0.4, 0.5) is 4.79 Å². The molecule has 1 atom stereocenters. The molecule has 0 saturated carbocycles. The van der Waals surface area contributed by atoms with Crippen LogP contribution in [0.1, 0.15) is 32.8 Å². The third kappa shape index (κ3) is 3.85. The van der Waals surface area contributed by atoms with Crippen molar-refractivity contribution in [1.82, 2.24) is 5.32 Å². The molecule has 0 spiro atoms. The molecule has 106 valence electrons. The van der Waals surface area contributed by atoms with E-state index in [4.69, 9.17) is 21.1 Å². The van der Waals surface area contributed by atoms with E-state index in [0.29, 0.717) is 17.0 Å². The Bertz CT molecular complexity index is 430. The van der Waals surface area contributed by atoms with Gasteiger partial charge in [0.05, 0.1) is 5.02 Å². The van der Waals surface area contributed by atoms with Crippen LogP contribution >= 0.6 is 11.6 Å². The fourth-order valence-corrected chi connectivity index (χ4v) is 2.08. The lowest BCUT2D eigenvalue weighted by Crippen LogP contribution is -2.40. The van der Waals surface area contributed by atoms with Crippen LogP contribution in [0, 0.1) is 0 Å². The van der Waals surface area contributed by atoms with Crippen molar-refractivity contribution >= 4 is 17.7 Å². The van der Waals surface area contributed by atoms with Crippen molar-refractivity contribution in [2.24, 2.45) is 0 Å². The topological polar surface area (TPSA) is 47.6 Å². The maximum Gasteiger partial charge on any atom is 0.410 e. The highest BCUT2D eigenvalue weighted by molar-refractivity contribution is 6.31. The zero-order chi connectivity index (χ0) is 14.5. The molecule has 1 aromatic carbocycles. The molecule has 0 heterocycles. The van der Waals surface area contributed by atoms with Crippen LogP contribution in [0.5, 0.6) is 0 Å². The largest absolute Gasteiger partial charge is 0.412 e. The van der Waals surface area contributed by atoms with Crippen LogP contribution in [-0.2, 0) is 15.3 Å². The van der Waals surface area contributed by atoms with E-state index in [1.165, 1.54) is 7.11 Å². The second-order valence-electron chi connectivity index (χ2n) is 4.48. The minimum atomic E-state index is -1.17. The van der Waals surface area contributed by atoms with E-state index in [2.05, 4.69) is 5.32 Å². The van der Waals surface area contributed by atoms with Gasteiger partial charge in [-0.05, 0) is 19.9 Å². The molecule has 19 heavy (non-hydrogen) atoms. The number of amides is 1. The lowest BCUT2D eigenvalue weighted by molar-refractivity contribution is -0.195. The highest BCUT2D eigenvalue weighted by Crippen LogP contribution is 2.35. The third-order valence-corrected chi connectivity index (χ3v) is 3.07. The Hall–Kier alpha value is -1.26. The molecular weight excluding hydrogens is 266 g/mol. The monoisotopic (exact) mass is 285 g/mol. The average molecular weight is 286 g/mol. The van der Waals surface area contributed by atoms with Crippen LogP contribution in [0.25, 0.3) is 0 Å². The number of benzene rings is 1. The van der Waals surface area contributed by atoms with Crippen LogP contribution in [0.15, 0.2) is 24.3 Å². The SMILES string of the molecule is CC[C@](OC)(OC(=O)NC(C)C)c1ccccc1Cl. The number of hydrogen-bond acceptors (Lipinski definition) is 3. The van der Waals surface area contributed by atoms with Gasteiger partial charge >= 0.3 is 6.09 Å². The number of nitrogens with one attached hydrogen (secondary N) is 1. The van der Waals surface area contributed by atoms with Gasteiger partial charge in [-0.3, -0.25) is 0 Å². The Balaban J connectivity index is 3.04. The molecule has 0 radical (unpaired) electrons. The van der Waals surface area contributed by atoms with Crippen molar-refractivity contribution in [2.45, 2.75) is 39.0 Å². The van der Waals surface area contributed by atoms with E-state index < -0.39 is 11.9 Å².